The van der Waals surface area contributed by atoms with Crippen LogP contribution in [-0.2, 0) is 11.2 Å². The molecule has 0 saturated heterocycles. The van der Waals surface area contributed by atoms with E-state index in [0.29, 0.717) is 6.54 Å². The Labute approximate surface area is 113 Å². The van der Waals surface area contributed by atoms with Crippen LogP contribution in [0.1, 0.15) is 19.4 Å². The van der Waals surface area contributed by atoms with Crippen LogP contribution in [0.15, 0.2) is 42.5 Å². The van der Waals surface area contributed by atoms with E-state index in [0.717, 1.165) is 6.42 Å². The molecule has 19 heavy (non-hydrogen) atoms. The van der Waals surface area contributed by atoms with Gasteiger partial charge in [0.15, 0.2) is 0 Å². The molecule has 0 bridgehead atoms. The molecule has 2 aromatic carbocycles. The monoisotopic (exact) mass is 257 g/mol. The smallest absolute Gasteiger partial charge is 0.251 e. The van der Waals surface area contributed by atoms with E-state index in [1.807, 2.05) is 18.2 Å². The molecule has 0 heterocycles. The van der Waals surface area contributed by atoms with Crippen LogP contribution < -0.4 is 5.32 Å². The third-order valence-electron chi connectivity index (χ3n) is 3.12. The van der Waals surface area contributed by atoms with Crippen LogP contribution in [0.2, 0.25) is 0 Å². The van der Waals surface area contributed by atoms with Gasteiger partial charge in [-0.1, -0.05) is 42.5 Å². The number of hydrogen-bond acceptors (Lipinski definition) is 2. The van der Waals surface area contributed by atoms with Crippen molar-refractivity contribution in [3.8, 4) is 0 Å². The SMILES string of the molecule is CC(C)(O)C(=O)NCCc1cccc2ccccc12. The Morgan fingerprint density at radius 2 is 1.84 bits per heavy atom. The predicted molar refractivity (Wildman–Crippen MR) is 77.0 cm³/mol. The number of fused-ring (bicyclic) bond motifs is 1. The van der Waals surface area contributed by atoms with Gasteiger partial charge in [0.05, 0.1) is 0 Å². The van der Waals surface area contributed by atoms with Crippen LogP contribution >= 0.6 is 0 Å². The zero-order valence-electron chi connectivity index (χ0n) is 11.3. The maximum Gasteiger partial charge on any atom is 0.251 e. The Bertz CT molecular complexity index is 579. The Balaban J connectivity index is 2.05. The maximum absolute atomic E-state index is 11.6. The molecule has 0 aromatic heterocycles. The van der Waals surface area contributed by atoms with Gasteiger partial charge in [-0.2, -0.15) is 0 Å². The number of benzene rings is 2. The van der Waals surface area contributed by atoms with E-state index in [4.69, 9.17) is 0 Å². The molecule has 0 saturated carbocycles. The van der Waals surface area contributed by atoms with Crippen molar-refractivity contribution in [3.05, 3.63) is 48.0 Å². The first kappa shape index (κ1) is 13.6. The van der Waals surface area contributed by atoms with Crippen molar-refractivity contribution in [1.82, 2.24) is 5.32 Å². The normalized spacial score (nSPS) is 11.5. The standard InChI is InChI=1S/C16H19NO2/c1-16(2,19)15(18)17-11-10-13-8-5-7-12-6-3-4-9-14(12)13/h3-9,19H,10-11H2,1-2H3,(H,17,18). The summed E-state index contributed by atoms with van der Waals surface area (Å²) in [5, 5.41) is 14.7. The summed E-state index contributed by atoms with van der Waals surface area (Å²) in [4.78, 5) is 11.6. The highest BCUT2D eigenvalue weighted by atomic mass is 16.3. The van der Waals surface area contributed by atoms with Crippen molar-refractivity contribution in [1.29, 1.82) is 0 Å². The highest BCUT2D eigenvalue weighted by molar-refractivity contribution is 5.86. The van der Waals surface area contributed by atoms with Gasteiger partial charge in [-0.25, -0.2) is 0 Å². The molecular formula is C16H19NO2. The molecule has 0 aliphatic carbocycles. The molecule has 0 unspecified atom stereocenters. The van der Waals surface area contributed by atoms with Crippen LogP contribution in [0.3, 0.4) is 0 Å². The summed E-state index contributed by atoms with van der Waals surface area (Å²) in [6.45, 7) is 3.50. The fourth-order valence-corrected chi connectivity index (χ4v) is 2.04. The quantitative estimate of drug-likeness (QED) is 0.882. The van der Waals surface area contributed by atoms with Gasteiger partial charge in [0.2, 0.25) is 0 Å². The lowest BCUT2D eigenvalue weighted by Gasteiger charge is -2.16. The summed E-state index contributed by atoms with van der Waals surface area (Å²) >= 11 is 0. The minimum Gasteiger partial charge on any atom is -0.381 e. The first-order valence-corrected chi connectivity index (χ1v) is 6.46. The highest BCUT2D eigenvalue weighted by Gasteiger charge is 2.22. The molecule has 0 aliphatic rings. The molecule has 2 N–H and O–H groups in total. The molecule has 0 spiro atoms. The van der Waals surface area contributed by atoms with Crippen molar-refractivity contribution in [2.75, 3.05) is 6.54 Å². The van der Waals surface area contributed by atoms with Crippen LogP contribution in [0, 0.1) is 0 Å². The Morgan fingerprint density at radius 1 is 1.16 bits per heavy atom. The lowest BCUT2D eigenvalue weighted by molar-refractivity contribution is -0.136. The zero-order valence-corrected chi connectivity index (χ0v) is 11.3. The van der Waals surface area contributed by atoms with Gasteiger partial charge in [-0.3, -0.25) is 4.79 Å². The average molecular weight is 257 g/mol. The Kier molecular flexibility index (Phi) is 3.86. The van der Waals surface area contributed by atoms with Crippen LogP contribution in [0.25, 0.3) is 10.8 Å². The minimum atomic E-state index is -1.32. The van der Waals surface area contributed by atoms with Crippen molar-refractivity contribution < 1.29 is 9.90 Å². The summed E-state index contributed by atoms with van der Waals surface area (Å²) in [5.41, 5.74) is -0.118. The topological polar surface area (TPSA) is 49.3 Å². The first-order chi connectivity index (χ1) is 8.98. The highest BCUT2D eigenvalue weighted by Crippen LogP contribution is 2.18. The molecule has 0 atom stereocenters. The van der Waals surface area contributed by atoms with Gasteiger partial charge >= 0.3 is 0 Å². The Hall–Kier alpha value is -1.87. The van der Waals surface area contributed by atoms with Gasteiger partial charge in [0.25, 0.3) is 5.91 Å². The van der Waals surface area contributed by atoms with Crippen molar-refractivity contribution >= 4 is 16.7 Å². The Morgan fingerprint density at radius 3 is 2.58 bits per heavy atom. The number of amides is 1. The molecular weight excluding hydrogens is 238 g/mol. The summed E-state index contributed by atoms with van der Waals surface area (Å²) in [6.07, 6.45) is 0.753. The van der Waals surface area contributed by atoms with Crippen LogP contribution in [-0.4, -0.2) is 23.2 Å². The molecule has 2 rings (SSSR count). The molecule has 0 aliphatic heterocycles. The summed E-state index contributed by atoms with van der Waals surface area (Å²) in [5.74, 6) is -0.340. The number of carbonyl (C=O) groups is 1. The van der Waals surface area contributed by atoms with E-state index >= 15 is 0 Å². The van der Waals surface area contributed by atoms with Crippen LogP contribution in [0.4, 0.5) is 0 Å². The van der Waals surface area contributed by atoms with Crippen molar-refractivity contribution in [2.45, 2.75) is 25.9 Å². The fraction of sp³-hybridized carbons (Fsp3) is 0.312. The molecule has 2 aromatic rings. The lowest BCUT2D eigenvalue weighted by Crippen LogP contribution is -2.42. The van der Waals surface area contributed by atoms with E-state index in [-0.39, 0.29) is 5.91 Å². The second-order valence-corrected chi connectivity index (χ2v) is 5.20. The summed E-state index contributed by atoms with van der Waals surface area (Å²) < 4.78 is 0. The van der Waals surface area contributed by atoms with Crippen molar-refractivity contribution in [3.63, 3.8) is 0 Å². The minimum absolute atomic E-state index is 0.340. The second kappa shape index (κ2) is 5.41. The average Bonchev–Trinajstić information content (AvgIpc) is 2.38. The number of aliphatic hydroxyl groups is 1. The second-order valence-electron chi connectivity index (χ2n) is 5.20. The van der Waals surface area contributed by atoms with Gasteiger partial charge < -0.3 is 10.4 Å². The van der Waals surface area contributed by atoms with E-state index in [1.54, 1.807) is 0 Å². The maximum atomic E-state index is 11.6. The molecule has 0 radical (unpaired) electrons. The van der Waals surface area contributed by atoms with E-state index in [1.165, 1.54) is 30.2 Å². The van der Waals surface area contributed by atoms with Crippen molar-refractivity contribution in [2.24, 2.45) is 0 Å². The molecule has 3 heteroatoms. The lowest BCUT2D eigenvalue weighted by atomic mass is 10.0. The molecule has 100 valence electrons. The number of rotatable bonds is 4. The summed E-state index contributed by atoms with van der Waals surface area (Å²) in [6, 6.07) is 14.4. The predicted octanol–water partition coefficient (Wildman–Crippen LogP) is 2.27. The van der Waals surface area contributed by atoms with E-state index < -0.39 is 5.60 Å². The molecule has 1 amide bonds. The van der Waals surface area contributed by atoms with Gasteiger partial charge in [0, 0.05) is 6.54 Å². The van der Waals surface area contributed by atoms with Gasteiger partial charge in [-0.15, -0.1) is 0 Å². The van der Waals surface area contributed by atoms with E-state index in [9.17, 15) is 9.90 Å². The third-order valence-corrected chi connectivity index (χ3v) is 3.12. The number of carbonyl (C=O) groups excluding carboxylic acids is 1. The van der Waals surface area contributed by atoms with Gasteiger partial charge in [-0.05, 0) is 36.6 Å². The number of hydrogen-bond donors (Lipinski definition) is 2. The number of nitrogens with one attached hydrogen (secondary N) is 1. The molecule has 3 nitrogen and oxygen atoms in total. The van der Waals surface area contributed by atoms with Crippen LogP contribution in [0.5, 0.6) is 0 Å². The van der Waals surface area contributed by atoms with Gasteiger partial charge in [0.1, 0.15) is 5.60 Å². The van der Waals surface area contributed by atoms with E-state index in [2.05, 4.69) is 29.6 Å². The fourth-order valence-electron chi connectivity index (χ4n) is 2.04. The largest absolute Gasteiger partial charge is 0.381 e. The first-order valence-electron chi connectivity index (χ1n) is 6.46. The molecule has 0 fully saturated rings. The zero-order chi connectivity index (χ0) is 13.9. The third kappa shape index (κ3) is 3.32. The summed E-state index contributed by atoms with van der Waals surface area (Å²) in [7, 11) is 0.